The van der Waals surface area contributed by atoms with Gasteiger partial charge in [-0.25, -0.2) is 0 Å². The first kappa shape index (κ1) is 16.6. The Kier molecular flexibility index (Phi) is 5.80. The van der Waals surface area contributed by atoms with E-state index in [1.807, 2.05) is 0 Å². The highest BCUT2D eigenvalue weighted by Gasteiger charge is 2.30. The average Bonchev–Trinajstić information content (AvgIpc) is 2.63. The summed E-state index contributed by atoms with van der Waals surface area (Å²) >= 11 is 0. The van der Waals surface area contributed by atoms with Gasteiger partial charge in [-0.3, -0.25) is 0 Å². The molecule has 0 aromatic heterocycles. The molecular formula is C22H32O. The van der Waals surface area contributed by atoms with Crippen LogP contribution in [0.1, 0.15) is 69.3 Å². The van der Waals surface area contributed by atoms with Crippen molar-refractivity contribution in [1.29, 1.82) is 0 Å². The Morgan fingerprint density at radius 2 is 1.48 bits per heavy atom. The second-order valence-electron chi connectivity index (χ2n) is 7.69. The first-order valence-electron chi connectivity index (χ1n) is 9.55. The number of rotatable bonds is 5. The Hall–Kier alpha value is -1.24. The topological polar surface area (TPSA) is 9.23 Å². The monoisotopic (exact) mass is 312 g/mol. The Morgan fingerprint density at radius 1 is 0.913 bits per heavy atom. The minimum absolute atomic E-state index is 0.772. The number of hydrogen-bond acceptors (Lipinski definition) is 1. The highest BCUT2D eigenvalue weighted by Crippen LogP contribution is 2.44. The summed E-state index contributed by atoms with van der Waals surface area (Å²) in [6.07, 6.45) is 14.8. The zero-order chi connectivity index (χ0) is 16.1. The van der Waals surface area contributed by atoms with Crippen molar-refractivity contribution in [3.8, 4) is 5.75 Å². The fourth-order valence-electron chi connectivity index (χ4n) is 4.93. The third-order valence-electron chi connectivity index (χ3n) is 6.42. The van der Waals surface area contributed by atoms with Crippen LogP contribution in [0.25, 0.3) is 0 Å². The summed E-state index contributed by atoms with van der Waals surface area (Å²) in [4.78, 5) is 0. The molecular weight excluding hydrogens is 280 g/mol. The van der Waals surface area contributed by atoms with Crippen LogP contribution in [-0.4, -0.2) is 7.11 Å². The highest BCUT2D eigenvalue weighted by molar-refractivity contribution is 5.29. The molecule has 0 radical (unpaired) electrons. The zero-order valence-electron chi connectivity index (χ0n) is 14.7. The number of ether oxygens (including phenoxy) is 1. The predicted octanol–water partition coefficient (Wildman–Crippen LogP) is 6.35. The SMILES string of the molecule is C=CC[C@H]1CC[C@H](C2CCC(c3ccc(OC)cc3)CC2)CC1. The van der Waals surface area contributed by atoms with E-state index in [2.05, 4.69) is 36.9 Å². The molecule has 0 saturated heterocycles. The van der Waals surface area contributed by atoms with Crippen molar-refractivity contribution in [3.63, 3.8) is 0 Å². The van der Waals surface area contributed by atoms with Gasteiger partial charge in [0.05, 0.1) is 7.11 Å². The quantitative estimate of drug-likeness (QED) is 0.575. The molecule has 2 aliphatic carbocycles. The Bertz CT molecular complexity index is 473. The van der Waals surface area contributed by atoms with Crippen LogP contribution < -0.4 is 4.74 Å². The lowest BCUT2D eigenvalue weighted by Gasteiger charge is -2.38. The van der Waals surface area contributed by atoms with Gasteiger partial charge in [0.2, 0.25) is 0 Å². The molecule has 0 aliphatic heterocycles. The lowest BCUT2D eigenvalue weighted by atomic mass is 9.68. The number of hydrogen-bond donors (Lipinski definition) is 0. The molecule has 1 nitrogen and oxygen atoms in total. The van der Waals surface area contributed by atoms with Gasteiger partial charge in [-0.1, -0.05) is 18.2 Å². The summed E-state index contributed by atoms with van der Waals surface area (Å²) in [6.45, 7) is 3.90. The van der Waals surface area contributed by atoms with Crippen LogP contribution in [0.4, 0.5) is 0 Å². The van der Waals surface area contributed by atoms with E-state index >= 15 is 0 Å². The van der Waals surface area contributed by atoms with E-state index in [1.54, 1.807) is 7.11 Å². The highest BCUT2D eigenvalue weighted by atomic mass is 16.5. The van der Waals surface area contributed by atoms with E-state index in [0.29, 0.717) is 0 Å². The maximum absolute atomic E-state index is 5.27. The Labute approximate surface area is 142 Å². The molecule has 2 saturated carbocycles. The van der Waals surface area contributed by atoms with Gasteiger partial charge >= 0.3 is 0 Å². The molecule has 0 atom stereocenters. The predicted molar refractivity (Wildman–Crippen MR) is 98.0 cm³/mol. The Morgan fingerprint density at radius 3 is 2.00 bits per heavy atom. The molecule has 0 heterocycles. The van der Waals surface area contributed by atoms with Crippen LogP contribution in [-0.2, 0) is 0 Å². The van der Waals surface area contributed by atoms with Crippen molar-refractivity contribution < 1.29 is 4.74 Å². The summed E-state index contributed by atoms with van der Waals surface area (Å²) in [5.74, 6) is 4.68. The van der Waals surface area contributed by atoms with E-state index in [4.69, 9.17) is 4.74 Å². The van der Waals surface area contributed by atoms with Gasteiger partial charge in [0.15, 0.2) is 0 Å². The number of benzene rings is 1. The lowest BCUT2D eigenvalue weighted by molar-refractivity contribution is 0.160. The minimum Gasteiger partial charge on any atom is -0.497 e. The van der Waals surface area contributed by atoms with Crippen molar-refractivity contribution in [2.45, 2.75) is 63.7 Å². The fourth-order valence-corrected chi connectivity index (χ4v) is 4.93. The summed E-state index contributed by atoms with van der Waals surface area (Å²) in [7, 11) is 1.74. The molecule has 0 unspecified atom stereocenters. The van der Waals surface area contributed by atoms with Gasteiger partial charge in [-0.2, -0.15) is 0 Å². The molecule has 0 spiro atoms. The average molecular weight is 312 g/mol. The van der Waals surface area contributed by atoms with E-state index in [-0.39, 0.29) is 0 Å². The van der Waals surface area contributed by atoms with Crippen molar-refractivity contribution >= 4 is 0 Å². The summed E-state index contributed by atoms with van der Waals surface area (Å²) in [6, 6.07) is 8.76. The normalized spacial score (nSPS) is 31.5. The molecule has 0 bridgehead atoms. The standard InChI is InChI=1S/C22H32O/c1-3-4-17-5-7-18(8-6-17)19-9-11-20(12-10-19)21-13-15-22(23-2)16-14-21/h3,13-20H,1,4-12H2,2H3/t17-,18-,19?,20?. The molecule has 1 heteroatoms. The van der Waals surface area contributed by atoms with Crippen LogP contribution >= 0.6 is 0 Å². The maximum Gasteiger partial charge on any atom is 0.118 e. The van der Waals surface area contributed by atoms with Gasteiger partial charge in [-0.05, 0) is 99.2 Å². The number of allylic oxidation sites excluding steroid dienone is 1. The smallest absolute Gasteiger partial charge is 0.118 e. The lowest BCUT2D eigenvalue weighted by Crippen LogP contribution is -2.25. The van der Waals surface area contributed by atoms with Crippen LogP contribution in [0, 0.1) is 17.8 Å². The maximum atomic E-state index is 5.27. The second-order valence-corrected chi connectivity index (χ2v) is 7.69. The van der Waals surface area contributed by atoms with Gasteiger partial charge < -0.3 is 4.74 Å². The van der Waals surface area contributed by atoms with Gasteiger partial charge in [0.25, 0.3) is 0 Å². The van der Waals surface area contributed by atoms with E-state index in [0.717, 1.165) is 29.4 Å². The zero-order valence-corrected chi connectivity index (χ0v) is 14.7. The van der Waals surface area contributed by atoms with Crippen LogP contribution in [0.3, 0.4) is 0 Å². The van der Waals surface area contributed by atoms with Crippen molar-refractivity contribution in [1.82, 2.24) is 0 Å². The van der Waals surface area contributed by atoms with Crippen molar-refractivity contribution in [2.24, 2.45) is 17.8 Å². The first-order valence-corrected chi connectivity index (χ1v) is 9.55. The van der Waals surface area contributed by atoms with Crippen LogP contribution in [0.5, 0.6) is 5.75 Å². The van der Waals surface area contributed by atoms with Gasteiger partial charge in [-0.15, -0.1) is 6.58 Å². The van der Waals surface area contributed by atoms with Gasteiger partial charge in [0, 0.05) is 0 Å². The first-order chi connectivity index (χ1) is 11.3. The molecule has 1 aromatic carbocycles. The Balaban J connectivity index is 1.47. The second kappa shape index (κ2) is 8.04. The molecule has 2 fully saturated rings. The third-order valence-corrected chi connectivity index (χ3v) is 6.42. The van der Waals surface area contributed by atoms with E-state index < -0.39 is 0 Å². The molecule has 126 valence electrons. The van der Waals surface area contributed by atoms with Crippen LogP contribution in [0.2, 0.25) is 0 Å². The molecule has 23 heavy (non-hydrogen) atoms. The van der Waals surface area contributed by atoms with Crippen LogP contribution in [0.15, 0.2) is 36.9 Å². The fraction of sp³-hybridized carbons (Fsp3) is 0.636. The molecule has 1 aromatic rings. The van der Waals surface area contributed by atoms with Gasteiger partial charge in [0.1, 0.15) is 5.75 Å². The minimum atomic E-state index is 0.772. The van der Waals surface area contributed by atoms with Crippen molar-refractivity contribution in [2.75, 3.05) is 7.11 Å². The number of methoxy groups -OCH3 is 1. The van der Waals surface area contributed by atoms with E-state index in [9.17, 15) is 0 Å². The molecule has 3 rings (SSSR count). The molecule has 0 amide bonds. The summed E-state index contributed by atoms with van der Waals surface area (Å²) in [5.41, 5.74) is 1.51. The van der Waals surface area contributed by atoms with Crippen molar-refractivity contribution in [3.05, 3.63) is 42.5 Å². The summed E-state index contributed by atoms with van der Waals surface area (Å²) < 4.78 is 5.27. The molecule has 0 N–H and O–H groups in total. The largest absolute Gasteiger partial charge is 0.497 e. The third kappa shape index (κ3) is 4.19. The molecule has 2 aliphatic rings. The van der Waals surface area contributed by atoms with E-state index in [1.165, 1.54) is 63.4 Å². The summed E-state index contributed by atoms with van der Waals surface area (Å²) in [5, 5.41) is 0.